The van der Waals surface area contributed by atoms with E-state index in [1.165, 1.54) is 38.2 Å². The van der Waals surface area contributed by atoms with Gasteiger partial charge in [-0.1, -0.05) is 75.4 Å². The molecule has 6 heteroatoms. The van der Waals surface area contributed by atoms with E-state index in [1.807, 2.05) is 18.2 Å². The predicted molar refractivity (Wildman–Crippen MR) is 119 cm³/mol. The summed E-state index contributed by atoms with van der Waals surface area (Å²) < 4.78 is 42.7. The van der Waals surface area contributed by atoms with Crippen LogP contribution >= 0.6 is 0 Å². The third kappa shape index (κ3) is 5.59. The summed E-state index contributed by atoms with van der Waals surface area (Å²) in [5.74, 6) is -0.388. The number of hydrazine groups is 1. The van der Waals surface area contributed by atoms with Gasteiger partial charge in [-0.3, -0.25) is 10.2 Å². The fraction of sp³-hybridized carbons (Fsp3) is 0.560. The molecule has 0 radical (unpaired) electrons. The Morgan fingerprint density at radius 3 is 2.42 bits per heavy atom. The van der Waals surface area contributed by atoms with Gasteiger partial charge in [0.1, 0.15) is 0 Å². The summed E-state index contributed by atoms with van der Waals surface area (Å²) >= 11 is 0. The molecule has 0 aliphatic carbocycles. The Balaban J connectivity index is 1.86. The van der Waals surface area contributed by atoms with E-state index >= 15 is 0 Å². The van der Waals surface area contributed by atoms with Gasteiger partial charge in [0.05, 0.1) is 0 Å². The van der Waals surface area contributed by atoms with E-state index < -0.39 is 17.8 Å². The summed E-state index contributed by atoms with van der Waals surface area (Å²) in [4.78, 5) is 11.9. The molecule has 1 aliphatic rings. The second-order valence-electron chi connectivity index (χ2n) is 9.26. The topological polar surface area (TPSA) is 32.3 Å². The number of hydrogen-bond acceptors (Lipinski definition) is 2. The lowest BCUT2D eigenvalue weighted by atomic mass is 9.92. The Bertz CT molecular complexity index is 907. The fourth-order valence-corrected chi connectivity index (χ4v) is 4.54. The number of unbranched alkanes of at least 4 members (excludes halogenated alkanes) is 5. The largest absolute Gasteiger partial charge is 0.409 e. The van der Waals surface area contributed by atoms with E-state index in [1.54, 1.807) is 26.0 Å². The van der Waals surface area contributed by atoms with Crippen LogP contribution in [0.4, 0.5) is 13.2 Å². The highest BCUT2D eigenvalue weighted by atomic mass is 19.4. The average Bonchev–Trinajstić information content (AvgIpc) is 2.95. The summed E-state index contributed by atoms with van der Waals surface area (Å²) in [6, 6.07) is 8.92. The molecule has 31 heavy (non-hydrogen) atoms. The molecule has 1 fully saturated rings. The Labute approximate surface area is 183 Å². The summed E-state index contributed by atoms with van der Waals surface area (Å²) in [5.41, 5.74) is 2.84. The van der Waals surface area contributed by atoms with Crippen molar-refractivity contribution in [1.82, 2.24) is 10.4 Å². The van der Waals surface area contributed by atoms with E-state index in [9.17, 15) is 18.0 Å². The third-order valence-electron chi connectivity index (χ3n) is 6.15. The number of fused-ring (bicyclic) bond motifs is 1. The van der Waals surface area contributed by atoms with E-state index in [4.69, 9.17) is 0 Å². The second-order valence-corrected chi connectivity index (χ2v) is 9.26. The molecule has 1 unspecified atom stereocenters. The van der Waals surface area contributed by atoms with E-state index in [0.717, 1.165) is 28.8 Å². The van der Waals surface area contributed by atoms with Crippen LogP contribution in [0.1, 0.15) is 82.9 Å². The summed E-state index contributed by atoms with van der Waals surface area (Å²) in [7, 11) is 0. The molecule has 1 saturated heterocycles. The Hall–Kier alpha value is -2.08. The van der Waals surface area contributed by atoms with Crippen LogP contribution in [0.3, 0.4) is 0 Å². The van der Waals surface area contributed by atoms with Crippen LogP contribution in [0, 0.1) is 0 Å². The normalized spacial score (nSPS) is 17.8. The van der Waals surface area contributed by atoms with E-state index in [0.29, 0.717) is 5.39 Å². The van der Waals surface area contributed by atoms with Crippen LogP contribution in [0.15, 0.2) is 36.4 Å². The highest BCUT2D eigenvalue weighted by Crippen LogP contribution is 2.44. The van der Waals surface area contributed by atoms with Crippen molar-refractivity contribution in [2.75, 3.05) is 0 Å². The Morgan fingerprint density at radius 2 is 1.77 bits per heavy atom. The van der Waals surface area contributed by atoms with Crippen LogP contribution < -0.4 is 5.43 Å². The summed E-state index contributed by atoms with van der Waals surface area (Å²) in [6.07, 6.45) is 3.71. The second kappa shape index (κ2) is 9.60. The van der Waals surface area contributed by atoms with Gasteiger partial charge in [-0.05, 0) is 48.6 Å². The maximum Gasteiger partial charge on any atom is 0.409 e. The molecule has 3 nitrogen and oxygen atoms in total. The molecule has 0 saturated carbocycles. The van der Waals surface area contributed by atoms with Crippen molar-refractivity contribution in [2.24, 2.45) is 0 Å². The number of hydrogen-bond donors (Lipinski definition) is 1. The average molecular weight is 435 g/mol. The van der Waals surface area contributed by atoms with Crippen molar-refractivity contribution >= 4 is 16.7 Å². The van der Waals surface area contributed by atoms with Gasteiger partial charge >= 0.3 is 6.18 Å². The predicted octanol–water partition coefficient (Wildman–Crippen LogP) is 6.86. The lowest BCUT2D eigenvalue weighted by Gasteiger charge is -2.38. The lowest BCUT2D eigenvalue weighted by molar-refractivity contribution is -0.203. The van der Waals surface area contributed by atoms with E-state index in [2.05, 4.69) is 12.3 Å². The maximum atomic E-state index is 14.2. The van der Waals surface area contributed by atoms with Gasteiger partial charge in [0, 0.05) is 12.0 Å². The zero-order chi connectivity index (χ0) is 22.6. The SMILES string of the molecule is CCCCCCCCc1ccc2c(C(N3NC(=O)CC3(C)C)C(F)(F)F)cccc2c1. The molecule has 2 aromatic rings. The standard InChI is InChI=1S/C25H33F3N2O/c1-4-5-6-7-8-9-11-18-14-15-20-19(16-18)12-10-13-21(20)23(25(26,27)28)30-24(2,3)17-22(31)29-30/h10,12-16,23H,4-9,11,17H2,1-3H3,(H,29,31). The maximum absolute atomic E-state index is 14.2. The molecular formula is C25H33F3N2O. The van der Waals surface area contributed by atoms with Crippen LogP contribution in [0.25, 0.3) is 10.8 Å². The molecule has 3 rings (SSSR count). The van der Waals surface area contributed by atoms with Crippen molar-refractivity contribution in [1.29, 1.82) is 0 Å². The minimum absolute atomic E-state index is 0.0345. The monoisotopic (exact) mass is 434 g/mol. The number of halogens is 3. The highest BCUT2D eigenvalue weighted by Gasteiger charge is 2.53. The molecule has 0 spiro atoms. The van der Waals surface area contributed by atoms with Crippen molar-refractivity contribution in [3.63, 3.8) is 0 Å². The first-order chi connectivity index (χ1) is 14.6. The third-order valence-corrected chi connectivity index (χ3v) is 6.15. The number of carbonyl (C=O) groups is 1. The van der Waals surface area contributed by atoms with Gasteiger partial charge < -0.3 is 0 Å². The Kier molecular flexibility index (Phi) is 7.30. The van der Waals surface area contributed by atoms with Crippen molar-refractivity contribution < 1.29 is 18.0 Å². The molecule has 1 aliphatic heterocycles. The zero-order valence-corrected chi connectivity index (χ0v) is 18.7. The first kappa shape index (κ1) is 23.6. The number of benzene rings is 2. The number of nitrogens with one attached hydrogen (secondary N) is 1. The van der Waals surface area contributed by atoms with Gasteiger partial charge in [-0.2, -0.15) is 18.2 Å². The summed E-state index contributed by atoms with van der Waals surface area (Å²) in [6.45, 7) is 5.52. The summed E-state index contributed by atoms with van der Waals surface area (Å²) in [5, 5.41) is 2.46. The molecule has 2 aromatic carbocycles. The molecular weight excluding hydrogens is 401 g/mol. The van der Waals surface area contributed by atoms with Crippen LogP contribution in [-0.2, 0) is 11.2 Å². The fourth-order valence-electron chi connectivity index (χ4n) is 4.54. The van der Waals surface area contributed by atoms with Crippen molar-refractivity contribution in [3.05, 3.63) is 47.5 Å². The number of nitrogens with zero attached hydrogens (tertiary/aromatic N) is 1. The van der Waals surface area contributed by atoms with Gasteiger partial charge in [0.25, 0.3) is 0 Å². The van der Waals surface area contributed by atoms with Crippen molar-refractivity contribution in [2.45, 2.75) is 89.9 Å². The van der Waals surface area contributed by atoms with E-state index in [-0.39, 0.29) is 17.9 Å². The quantitative estimate of drug-likeness (QED) is 0.437. The molecule has 1 atom stereocenters. The molecule has 1 N–H and O–H groups in total. The number of aryl methyl sites for hydroxylation is 1. The van der Waals surface area contributed by atoms with Crippen LogP contribution in [0.5, 0.6) is 0 Å². The number of amides is 1. The Morgan fingerprint density at radius 1 is 1.06 bits per heavy atom. The van der Waals surface area contributed by atoms with Gasteiger partial charge in [0.15, 0.2) is 6.04 Å². The molecule has 0 bridgehead atoms. The van der Waals surface area contributed by atoms with Gasteiger partial charge in [-0.25, -0.2) is 0 Å². The minimum atomic E-state index is -4.53. The van der Waals surface area contributed by atoms with Gasteiger partial charge in [0.2, 0.25) is 5.91 Å². The molecule has 1 amide bonds. The van der Waals surface area contributed by atoms with Crippen LogP contribution in [0.2, 0.25) is 0 Å². The molecule has 1 heterocycles. The number of carbonyl (C=O) groups excluding carboxylic acids is 1. The number of rotatable bonds is 9. The highest BCUT2D eigenvalue weighted by molar-refractivity contribution is 5.87. The smallest absolute Gasteiger partial charge is 0.287 e. The number of alkyl halides is 3. The minimum Gasteiger partial charge on any atom is -0.287 e. The first-order valence-corrected chi connectivity index (χ1v) is 11.3. The van der Waals surface area contributed by atoms with Gasteiger partial charge in [-0.15, -0.1) is 0 Å². The zero-order valence-electron chi connectivity index (χ0n) is 18.7. The molecule has 0 aromatic heterocycles. The first-order valence-electron chi connectivity index (χ1n) is 11.3. The lowest BCUT2D eigenvalue weighted by Crippen LogP contribution is -2.51. The molecule has 170 valence electrons. The van der Waals surface area contributed by atoms with Crippen molar-refractivity contribution in [3.8, 4) is 0 Å². The van der Waals surface area contributed by atoms with Crippen LogP contribution in [-0.4, -0.2) is 22.6 Å².